The van der Waals surface area contributed by atoms with Gasteiger partial charge in [0.15, 0.2) is 0 Å². The lowest BCUT2D eigenvalue weighted by atomic mass is 9.95. The molecule has 0 aromatic heterocycles. The van der Waals surface area contributed by atoms with Crippen molar-refractivity contribution in [2.45, 2.75) is 44.4 Å². The normalized spacial score (nSPS) is 11.4. The number of halogens is 1. The number of rotatable bonds is 2. The molecular weight excluding hydrogens is 256 g/mol. The lowest BCUT2D eigenvalue weighted by molar-refractivity contribution is 0.793. The Balaban J connectivity index is 3.32. The average molecular weight is 273 g/mol. The predicted molar refractivity (Wildman–Crippen MR) is 69.6 cm³/mol. The van der Waals surface area contributed by atoms with E-state index < -0.39 is 0 Å². The number of thiol groups is 1. The largest absolute Gasteiger partial charge is 0.143 e. The van der Waals surface area contributed by atoms with E-state index in [1.807, 2.05) is 0 Å². The van der Waals surface area contributed by atoms with E-state index in [0.717, 1.165) is 9.37 Å². The molecular formula is C12H17BrS. The highest BCUT2D eigenvalue weighted by Crippen LogP contribution is 2.33. The van der Waals surface area contributed by atoms with Gasteiger partial charge in [-0.25, -0.2) is 0 Å². The molecule has 1 aromatic rings. The van der Waals surface area contributed by atoms with Gasteiger partial charge in [-0.3, -0.25) is 0 Å². The summed E-state index contributed by atoms with van der Waals surface area (Å²) in [6.07, 6.45) is 0. The first-order valence-electron chi connectivity index (χ1n) is 4.95. The van der Waals surface area contributed by atoms with Crippen LogP contribution in [-0.4, -0.2) is 0 Å². The number of hydrogen-bond donors (Lipinski definition) is 1. The molecule has 0 aliphatic rings. The van der Waals surface area contributed by atoms with Gasteiger partial charge in [0.05, 0.1) is 0 Å². The van der Waals surface area contributed by atoms with Crippen LogP contribution in [0.2, 0.25) is 0 Å². The van der Waals surface area contributed by atoms with Crippen LogP contribution in [0.1, 0.15) is 50.7 Å². The Labute approximate surface area is 101 Å². The minimum absolute atomic E-state index is 0.525. The summed E-state index contributed by atoms with van der Waals surface area (Å²) in [7, 11) is 0. The van der Waals surface area contributed by atoms with Crippen LogP contribution in [0, 0.1) is 0 Å². The minimum atomic E-state index is 0.525. The zero-order valence-electron chi connectivity index (χ0n) is 9.13. The molecule has 0 nitrogen and oxygen atoms in total. The van der Waals surface area contributed by atoms with Crippen LogP contribution >= 0.6 is 28.6 Å². The smallest absolute Gasteiger partial charge is 0.0181 e. The molecule has 0 aliphatic heterocycles. The second-order valence-electron chi connectivity index (χ2n) is 4.24. The summed E-state index contributed by atoms with van der Waals surface area (Å²) in [5, 5.41) is 0. The van der Waals surface area contributed by atoms with Gasteiger partial charge in [0.2, 0.25) is 0 Å². The van der Waals surface area contributed by atoms with Crippen LogP contribution in [0.5, 0.6) is 0 Å². The molecule has 0 N–H and O–H groups in total. The fourth-order valence-electron chi connectivity index (χ4n) is 1.52. The lowest BCUT2D eigenvalue weighted by Gasteiger charge is -2.16. The summed E-state index contributed by atoms with van der Waals surface area (Å²) in [4.78, 5) is 1.15. The van der Waals surface area contributed by atoms with Crippen molar-refractivity contribution >= 4 is 28.6 Å². The highest BCUT2D eigenvalue weighted by molar-refractivity contribution is 9.10. The quantitative estimate of drug-likeness (QED) is 0.721. The zero-order valence-corrected chi connectivity index (χ0v) is 11.6. The van der Waals surface area contributed by atoms with Gasteiger partial charge in [-0.1, -0.05) is 43.6 Å². The predicted octanol–water partition coefficient (Wildman–Crippen LogP) is 4.98. The second kappa shape index (κ2) is 4.71. The Morgan fingerprint density at radius 1 is 1.00 bits per heavy atom. The molecule has 0 radical (unpaired) electrons. The van der Waals surface area contributed by atoms with Gasteiger partial charge in [0.1, 0.15) is 0 Å². The molecule has 0 atom stereocenters. The van der Waals surface area contributed by atoms with Crippen LogP contribution in [0.4, 0.5) is 0 Å². The van der Waals surface area contributed by atoms with Gasteiger partial charge in [0.25, 0.3) is 0 Å². The van der Waals surface area contributed by atoms with Gasteiger partial charge in [-0.05, 0) is 35.1 Å². The van der Waals surface area contributed by atoms with Crippen molar-refractivity contribution < 1.29 is 0 Å². The number of hydrogen-bond acceptors (Lipinski definition) is 1. The Morgan fingerprint density at radius 3 is 1.64 bits per heavy atom. The molecule has 2 heteroatoms. The Hall–Kier alpha value is 0.0500. The Morgan fingerprint density at radius 2 is 1.36 bits per heavy atom. The molecule has 78 valence electrons. The van der Waals surface area contributed by atoms with E-state index in [1.165, 1.54) is 11.1 Å². The first-order valence-corrected chi connectivity index (χ1v) is 6.19. The van der Waals surface area contributed by atoms with Crippen molar-refractivity contribution in [1.29, 1.82) is 0 Å². The third kappa shape index (κ3) is 2.54. The van der Waals surface area contributed by atoms with Crippen LogP contribution < -0.4 is 0 Å². The molecule has 0 saturated heterocycles. The van der Waals surface area contributed by atoms with Crippen LogP contribution in [0.3, 0.4) is 0 Å². The van der Waals surface area contributed by atoms with E-state index in [0.29, 0.717) is 11.8 Å². The van der Waals surface area contributed by atoms with Crippen molar-refractivity contribution in [2.75, 3.05) is 0 Å². The molecule has 0 aliphatic carbocycles. The maximum Gasteiger partial charge on any atom is 0.0181 e. The van der Waals surface area contributed by atoms with E-state index in [-0.39, 0.29) is 0 Å². The van der Waals surface area contributed by atoms with Crippen molar-refractivity contribution in [3.05, 3.63) is 27.7 Å². The Kier molecular flexibility index (Phi) is 4.08. The zero-order chi connectivity index (χ0) is 10.9. The van der Waals surface area contributed by atoms with Crippen LogP contribution in [0.15, 0.2) is 21.5 Å². The third-order valence-corrected chi connectivity index (χ3v) is 3.35. The summed E-state index contributed by atoms with van der Waals surface area (Å²) in [5.74, 6) is 1.05. The number of benzene rings is 1. The van der Waals surface area contributed by atoms with Crippen molar-refractivity contribution in [3.8, 4) is 0 Å². The summed E-state index contributed by atoms with van der Waals surface area (Å²) in [5.41, 5.74) is 2.65. The van der Waals surface area contributed by atoms with Gasteiger partial charge >= 0.3 is 0 Å². The highest BCUT2D eigenvalue weighted by atomic mass is 79.9. The Bertz CT molecular complexity index is 300. The molecule has 0 fully saturated rings. The third-order valence-electron chi connectivity index (χ3n) is 2.38. The summed E-state index contributed by atoms with van der Waals surface area (Å²) in [6, 6.07) is 4.33. The molecule has 0 saturated carbocycles. The monoisotopic (exact) mass is 272 g/mol. The van der Waals surface area contributed by atoms with Crippen molar-refractivity contribution in [2.24, 2.45) is 0 Å². The van der Waals surface area contributed by atoms with Gasteiger partial charge in [0, 0.05) is 9.37 Å². The van der Waals surface area contributed by atoms with E-state index in [1.54, 1.807) is 0 Å². The van der Waals surface area contributed by atoms with E-state index in [4.69, 9.17) is 0 Å². The molecule has 0 spiro atoms. The molecule has 1 rings (SSSR count). The lowest BCUT2D eigenvalue weighted by Crippen LogP contribution is -1.97. The molecule has 1 aromatic carbocycles. The van der Waals surface area contributed by atoms with E-state index in [9.17, 15) is 0 Å². The fraction of sp³-hybridized carbons (Fsp3) is 0.500. The summed E-state index contributed by atoms with van der Waals surface area (Å²) < 4.78 is 1.16. The van der Waals surface area contributed by atoms with E-state index in [2.05, 4.69) is 68.4 Å². The summed E-state index contributed by atoms with van der Waals surface area (Å²) >= 11 is 8.17. The topological polar surface area (TPSA) is 0 Å². The van der Waals surface area contributed by atoms with Crippen molar-refractivity contribution in [3.63, 3.8) is 0 Å². The maximum absolute atomic E-state index is 4.62. The second-order valence-corrected chi connectivity index (χ2v) is 5.61. The van der Waals surface area contributed by atoms with Gasteiger partial charge in [-0.15, -0.1) is 12.6 Å². The maximum atomic E-state index is 4.62. The highest BCUT2D eigenvalue weighted by Gasteiger charge is 2.12. The standard InChI is InChI=1S/C12H17BrS/c1-7(2)10-5-9(13)6-11(8(3)4)12(10)14/h5-8,14H,1-4H3. The van der Waals surface area contributed by atoms with E-state index >= 15 is 0 Å². The van der Waals surface area contributed by atoms with Crippen molar-refractivity contribution in [1.82, 2.24) is 0 Å². The first-order chi connectivity index (χ1) is 6.43. The average Bonchev–Trinajstić information content (AvgIpc) is 2.07. The van der Waals surface area contributed by atoms with Crippen LogP contribution in [-0.2, 0) is 0 Å². The first kappa shape index (κ1) is 12.1. The SMILES string of the molecule is CC(C)c1cc(Br)cc(C(C)C)c1S. The minimum Gasteiger partial charge on any atom is -0.143 e. The molecule has 0 heterocycles. The van der Waals surface area contributed by atoms with Crippen LogP contribution in [0.25, 0.3) is 0 Å². The molecule has 0 bridgehead atoms. The molecule has 14 heavy (non-hydrogen) atoms. The van der Waals surface area contributed by atoms with Gasteiger partial charge < -0.3 is 0 Å². The fourth-order valence-corrected chi connectivity index (χ4v) is 2.66. The molecule has 0 amide bonds. The summed E-state index contributed by atoms with van der Waals surface area (Å²) in [6.45, 7) is 8.80. The molecule has 0 unspecified atom stereocenters. The van der Waals surface area contributed by atoms with Gasteiger partial charge in [-0.2, -0.15) is 0 Å².